The van der Waals surface area contributed by atoms with E-state index in [9.17, 15) is 4.79 Å². The van der Waals surface area contributed by atoms with Gasteiger partial charge in [0.25, 0.3) is 0 Å². The van der Waals surface area contributed by atoms with Crippen LogP contribution in [0.15, 0.2) is 42.0 Å². The second-order valence-corrected chi connectivity index (χ2v) is 6.08. The highest BCUT2D eigenvalue weighted by atomic mass is 35.5. The molecule has 5 nitrogen and oxygen atoms in total. The Labute approximate surface area is 136 Å². The molecule has 7 heteroatoms. The lowest BCUT2D eigenvalue weighted by Gasteiger charge is -2.18. The second-order valence-electron chi connectivity index (χ2n) is 4.75. The summed E-state index contributed by atoms with van der Waals surface area (Å²) in [5, 5.41) is 6.38. The predicted molar refractivity (Wildman–Crippen MR) is 90.8 cm³/mol. The average molecular weight is 333 g/mol. The summed E-state index contributed by atoms with van der Waals surface area (Å²) in [6, 6.07) is 8.97. The number of aromatic nitrogens is 2. The molecule has 1 amide bonds. The van der Waals surface area contributed by atoms with Gasteiger partial charge in [0.2, 0.25) is 5.91 Å². The van der Waals surface area contributed by atoms with Crippen molar-refractivity contribution in [3.05, 3.63) is 47.1 Å². The molecule has 1 aromatic carbocycles. The average Bonchev–Trinajstić information content (AvgIpc) is 2.97. The molecule has 2 aromatic heterocycles. The van der Waals surface area contributed by atoms with Crippen LogP contribution < -0.4 is 10.2 Å². The Morgan fingerprint density at radius 3 is 2.82 bits per heavy atom. The van der Waals surface area contributed by atoms with Gasteiger partial charge in [0.05, 0.1) is 11.9 Å². The van der Waals surface area contributed by atoms with Gasteiger partial charge in [0.15, 0.2) is 0 Å². The number of thiophene rings is 1. The van der Waals surface area contributed by atoms with Crippen molar-refractivity contribution in [3.8, 4) is 0 Å². The number of halogens is 1. The van der Waals surface area contributed by atoms with Crippen molar-refractivity contribution in [2.24, 2.45) is 0 Å². The normalized spacial score (nSPS) is 10.6. The van der Waals surface area contributed by atoms with Crippen LogP contribution in [0.1, 0.15) is 0 Å². The third kappa shape index (κ3) is 3.18. The Hall–Kier alpha value is -2.18. The molecule has 0 aliphatic carbocycles. The van der Waals surface area contributed by atoms with Gasteiger partial charge >= 0.3 is 0 Å². The molecule has 0 saturated heterocycles. The van der Waals surface area contributed by atoms with E-state index in [-0.39, 0.29) is 12.5 Å². The van der Waals surface area contributed by atoms with Crippen LogP contribution in [0, 0.1) is 0 Å². The number of rotatable bonds is 4. The second kappa shape index (κ2) is 6.29. The number of carbonyl (C=O) groups excluding carboxylic acids is 1. The standard InChI is InChI=1S/C15H13ClN4OS/c1-20(14-12-6-7-22-15(12)18-9-17-14)8-13(21)19-11-4-2-10(16)3-5-11/h2-7,9H,8H2,1H3,(H,19,21). The first-order valence-electron chi connectivity index (χ1n) is 6.58. The van der Waals surface area contributed by atoms with Gasteiger partial charge in [-0.3, -0.25) is 4.79 Å². The van der Waals surface area contributed by atoms with Crippen molar-refractivity contribution in [1.82, 2.24) is 9.97 Å². The number of nitrogens with one attached hydrogen (secondary N) is 1. The molecule has 22 heavy (non-hydrogen) atoms. The molecule has 0 fully saturated rings. The van der Waals surface area contributed by atoms with Crippen molar-refractivity contribution >= 4 is 50.6 Å². The SMILES string of the molecule is CN(CC(=O)Nc1ccc(Cl)cc1)c1ncnc2sccc12. The third-order valence-corrected chi connectivity index (χ3v) is 4.18. The maximum atomic E-state index is 12.1. The summed E-state index contributed by atoms with van der Waals surface area (Å²) in [6.07, 6.45) is 1.52. The zero-order chi connectivity index (χ0) is 15.5. The molecule has 0 bridgehead atoms. The topological polar surface area (TPSA) is 58.1 Å². The minimum atomic E-state index is -0.119. The fourth-order valence-electron chi connectivity index (χ4n) is 2.11. The molecule has 1 N–H and O–H groups in total. The van der Waals surface area contributed by atoms with E-state index in [0.717, 1.165) is 16.0 Å². The Balaban J connectivity index is 1.71. The minimum Gasteiger partial charge on any atom is -0.350 e. The first kappa shape index (κ1) is 14.7. The number of nitrogens with zero attached hydrogens (tertiary/aromatic N) is 3. The zero-order valence-corrected chi connectivity index (χ0v) is 13.4. The number of fused-ring (bicyclic) bond motifs is 1. The molecule has 3 rings (SSSR count). The van der Waals surface area contributed by atoms with Crippen molar-refractivity contribution in [1.29, 1.82) is 0 Å². The highest BCUT2D eigenvalue weighted by molar-refractivity contribution is 7.16. The van der Waals surface area contributed by atoms with E-state index in [4.69, 9.17) is 11.6 Å². The first-order valence-corrected chi connectivity index (χ1v) is 7.84. The molecule has 3 aromatic rings. The Morgan fingerprint density at radius 2 is 2.05 bits per heavy atom. The lowest BCUT2D eigenvalue weighted by atomic mass is 10.3. The lowest BCUT2D eigenvalue weighted by Crippen LogP contribution is -2.30. The monoisotopic (exact) mass is 332 g/mol. The van der Waals surface area contributed by atoms with Crippen molar-refractivity contribution < 1.29 is 4.79 Å². The molecule has 0 unspecified atom stereocenters. The lowest BCUT2D eigenvalue weighted by molar-refractivity contribution is -0.114. The van der Waals surface area contributed by atoms with Crippen LogP contribution in [0.3, 0.4) is 0 Å². The van der Waals surface area contributed by atoms with E-state index >= 15 is 0 Å². The number of hydrogen-bond acceptors (Lipinski definition) is 5. The Bertz CT molecular complexity index is 803. The number of hydrogen-bond donors (Lipinski definition) is 1. The van der Waals surface area contributed by atoms with Crippen molar-refractivity contribution in [2.45, 2.75) is 0 Å². The largest absolute Gasteiger partial charge is 0.350 e. The molecule has 0 spiro atoms. The summed E-state index contributed by atoms with van der Waals surface area (Å²) in [6.45, 7) is 0.199. The zero-order valence-electron chi connectivity index (χ0n) is 11.8. The van der Waals surface area contributed by atoms with Crippen LogP contribution in [0.2, 0.25) is 5.02 Å². The smallest absolute Gasteiger partial charge is 0.243 e. The van der Waals surface area contributed by atoms with E-state index in [1.807, 2.05) is 23.4 Å². The molecule has 0 atom stereocenters. The summed E-state index contributed by atoms with van der Waals surface area (Å²) in [5.41, 5.74) is 0.714. The summed E-state index contributed by atoms with van der Waals surface area (Å²) in [5.74, 6) is 0.629. The summed E-state index contributed by atoms with van der Waals surface area (Å²) >= 11 is 7.37. The van der Waals surface area contributed by atoms with Crippen molar-refractivity contribution in [3.63, 3.8) is 0 Å². The summed E-state index contributed by atoms with van der Waals surface area (Å²) < 4.78 is 0. The van der Waals surface area contributed by atoms with E-state index in [1.165, 1.54) is 6.33 Å². The summed E-state index contributed by atoms with van der Waals surface area (Å²) in [4.78, 5) is 23.3. The highest BCUT2D eigenvalue weighted by Crippen LogP contribution is 2.25. The maximum Gasteiger partial charge on any atom is 0.243 e. The van der Waals surface area contributed by atoms with Gasteiger partial charge in [-0.2, -0.15) is 0 Å². The van der Waals surface area contributed by atoms with Gasteiger partial charge in [-0.1, -0.05) is 11.6 Å². The van der Waals surface area contributed by atoms with Crippen LogP contribution in [-0.4, -0.2) is 29.5 Å². The molecular weight excluding hydrogens is 320 g/mol. The number of amides is 1. The molecule has 0 radical (unpaired) electrons. The number of benzene rings is 1. The van der Waals surface area contributed by atoms with Crippen LogP contribution in [0.5, 0.6) is 0 Å². The van der Waals surface area contributed by atoms with E-state index < -0.39 is 0 Å². The maximum absolute atomic E-state index is 12.1. The van der Waals surface area contributed by atoms with Crippen LogP contribution in [0.25, 0.3) is 10.2 Å². The number of carbonyl (C=O) groups is 1. The summed E-state index contributed by atoms with van der Waals surface area (Å²) in [7, 11) is 1.83. The van der Waals surface area contributed by atoms with Gasteiger partial charge in [-0.05, 0) is 35.7 Å². The number of likely N-dealkylation sites (N-methyl/N-ethyl adjacent to an activating group) is 1. The minimum absolute atomic E-state index is 0.119. The molecule has 0 aliphatic heterocycles. The molecular formula is C15H13ClN4OS. The molecule has 112 valence electrons. The Morgan fingerprint density at radius 1 is 1.27 bits per heavy atom. The van der Waals surface area contributed by atoms with E-state index in [2.05, 4.69) is 15.3 Å². The molecule has 0 aliphatic rings. The highest BCUT2D eigenvalue weighted by Gasteiger charge is 2.13. The van der Waals surface area contributed by atoms with E-state index in [0.29, 0.717) is 10.7 Å². The van der Waals surface area contributed by atoms with Gasteiger partial charge < -0.3 is 10.2 Å². The van der Waals surface area contributed by atoms with Crippen LogP contribution >= 0.6 is 22.9 Å². The number of anilines is 2. The van der Waals surface area contributed by atoms with E-state index in [1.54, 1.807) is 35.6 Å². The van der Waals surface area contributed by atoms with Gasteiger partial charge in [-0.25, -0.2) is 9.97 Å². The first-order chi connectivity index (χ1) is 10.6. The quantitative estimate of drug-likeness (QED) is 0.795. The predicted octanol–water partition coefficient (Wildman–Crippen LogP) is 3.42. The fraction of sp³-hybridized carbons (Fsp3) is 0.133. The molecule has 0 saturated carbocycles. The Kier molecular flexibility index (Phi) is 4.22. The van der Waals surface area contributed by atoms with Gasteiger partial charge in [0.1, 0.15) is 17.0 Å². The van der Waals surface area contributed by atoms with Gasteiger partial charge in [0, 0.05) is 17.8 Å². The fourth-order valence-corrected chi connectivity index (χ4v) is 2.96. The van der Waals surface area contributed by atoms with Crippen LogP contribution in [-0.2, 0) is 4.79 Å². The van der Waals surface area contributed by atoms with Gasteiger partial charge in [-0.15, -0.1) is 11.3 Å². The third-order valence-electron chi connectivity index (χ3n) is 3.11. The van der Waals surface area contributed by atoms with Crippen LogP contribution in [0.4, 0.5) is 11.5 Å². The molecule has 2 heterocycles. The van der Waals surface area contributed by atoms with Crippen molar-refractivity contribution in [2.75, 3.05) is 23.8 Å².